The van der Waals surface area contributed by atoms with E-state index in [0.717, 1.165) is 0 Å². The number of halogens is 2. The average Bonchev–Trinajstić information content (AvgIpc) is 2.38. The van der Waals surface area contributed by atoms with Crippen LogP contribution in [0.4, 0.5) is 0 Å². The Bertz CT molecular complexity index is 653. The quantitative estimate of drug-likeness (QED) is 0.634. The van der Waals surface area contributed by atoms with E-state index in [4.69, 9.17) is 23.2 Å². The van der Waals surface area contributed by atoms with Crippen molar-refractivity contribution in [3.63, 3.8) is 0 Å². The highest BCUT2D eigenvalue weighted by Crippen LogP contribution is 2.28. The molecule has 1 aliphatic rings. The molecule has 18 heavy (non-hydrogen) atoms. The molecule has 0 bridgehead atoms. The van der Waals surface area contributed by atoms with Crippen LogP contribution < -0.4 is 0 Å². The molecular weight excluding hydrogens is 275 g/mol. The summed E-state index contributed by atoms with van der Waals surface area (Å²) in [4.78, 5) is 32.0. The van der Waals surface area contributed by atoms with Crippen molar-refractivity contribution in [3.8, 4) is 0 Å². The van der Waals surface area contributed by atoms with Crippen molar-refractivity contribution in [2.45, 2.75) is 0 Å². The van der Waals surface area contributed by atoms with Crippen molar-refractivity contribution in [1.82, 2.24) is 9.97 Å². The molecule has 0 saturated carbocycles. The van der Waals surface area contributed by atoms with E-state index >= 15 is 0 Å². The maximum absolute atomic E-state index is 12.2. The molecule has 0 radical (unpaired) electrons. The predicted molar refractivity (Wildman–Crippen MR) is 65.4 cm³/mol. The van der Waals surface area contributed by atoms with Crippen LogP contribution in [-0.4, -0.2) is 21.5 Å². The fraction of sp³-hybridized carbons (Fsp3) is 0. The van der Waals surface area contributed by atoms with Gasteiger partial charge in [-0.2, -0.15) is 0 Å². The minimum absolute atomic E-state index is 0.0481. The van der Waals surface area contributed by atoms with Gasteiger partial charge in [-0.15, -0.1) is 0 Å². The Kier molecular flexibility index (Phi) is 2.43. The standard InChI is InChI=1S/C12H4Cl2N2O2/c13-11-12(14)16-8-7(15-11)9(17)5-3-1-2-4-6(5)10(8)18/h1-4H. The van der Waals surface area contributed by atoms with E-state index in [0.29, 0.717) is 11.1 Å². The molecule has 1 aromatic heterocycles. The minimum Gasteiger partial charge on any atom is -0.287 e. The number of hydrogen-bond donors (Lipinski definition) is 0. The molecule has 6 heteroatoms. The first-order valence-electron chi connectivity index (χ1n) is 5.01. The number of ketones is 2. The van der Waals surface area contributed by atoms with Gasteiger partial charge in [0.2, 0.25) is 11.6 Å². The van der Waals surface area contributed by atoms with Gasteiger partial charge < -0.3 is 0 Å². The number of aromatic nitrogens is 2. The zero-order valence-electron chi connectivity index (χ0n) is 8.78. The highest BCUT2D eigenvalue weighted by atomic mass is 35.5. The minimum atomic E-state index is -0.369. The van der Waals surface area contributed by atoms with Crippen LogP contribution in [0.2, 0.25) is 10.3 Å². The summed E-state index contributed by atoms with van der Waals surface area (Å²) in [6.07, 6.45) is 0. The lowest BCUT2D eigenvalue weighted by atomic mass is 9.90. The third-order valence-electron chi connectivity index (χ3n) is 2.66. The molecular formula is C12H4Cl2N2O2. The van der Waals surface area contributed by atoms with Gasteiger partial charge in [0.15, 0.2) is 10.3 Å². The zero-order chi connectivity index (χ0) is 12.9. The fourth-order valence-corrected chi connectivity index (χ4v) is 2.10. The van der Waals surface area contributed by atoms with Crippen molar-refractivity contribution in [1.29, 1.82) is 0 Å². The highest BCUT2D eigenvalue weighted by Gasteiger charge is 2.32. The summed E-state index contributed by atoms with van der Waals surface area (Å²) in [6.45, 7) is 0. The van der Waals surface area contributed by atoms with Crippen LogP contribution in [0.5, 0.6) is 0 Å². The molecule has 2 aromatic rings. The molecule has 0 fully saturated rings. The molecule has 88 valence electrons. The van der Waals surface area contributed by atoms with E-state index in [-0.39, 0.29) is 33.3 Å². The van der Waals surface area contributed by atoms with Crippen molar-refractivity contribution in [2.24, 2.45) is 0 Å². The Morgan fingerprint density at radius 3 is 1.56 bits per heavy atom. The Morgan fingerprint density at radius 1 is 0.778 bits per heavy atom. The summed E-state index contributed by atoms with van der Waals surface area (Å²) in [5.74, 6) is -0.738. The summed E-state index contributed by atoms with van der Waals surface area (Å²) >= 11 is 11.4. The van der Waals surface area contributed by atoms with E-state index in [1.54, 1.807) is 24.3 Å². The van der Waals surface area contributed by atoms with Gasteiger partial charge in [-0.1, -0.05) is 47.5 Å². The largest absolute Gasteiger partial charge is 0.287 e. The number of nitrogens with zero attached hydrogens (tertiary/aromatic N) is 2. The second kappa shape index (κ2) is 3.86. The average molecular weight is 279 g/mol. The highest BCUT2D eigenvalue weighted by molar-refractivity contribution is 6.41. The van der Waals surface area contributed by atoms with E-state index in [1.165, 1.54) is 0 Å². The lowest BCUT2D eigenvalue weighted by Crippen LogP contribution is -2.23. The van der Waals surface area contributed by atoms with Crippen LogP contribution >= 0.6 is 23.2 Å². The maximum Gasteiger partial charge on any atom is 0.214 e. The SMILES string of the molecule is O=C1c2ccccc2C(=O)c2nc(Cl)c(Cl)nc21. The second-order valence-electron chi connectivity index (χ2n) is 3.71. The van der Waals surface area contributed by atoms with Gasteiger partial charge in [0.05, 0.1) is 0 Å². The van der Waals surface area contributed by atoms with Crippen molar-refractivity contribution >= 4 is 34.8 Å². The molecule has 0 atom stereocenters. The number of hydrogen-bond acceptors (Lipinski definition) is 4. The van der Waals surface area contributed by atoms with E-state index in [9.17, 15) is 9.59 Å². The third-order valence-corrected chi connectivity index (χ3v) is 3.28. The third kappa shape index (κ3) is 1.46. The summed E-state index contributed by atoms with van der Waals surface area (Å²) in [6, 6.07) is 6.51. The molecule has 0 unspecified atom stereocenters. The molecule has 4 nitrogen and oxygen atoms in total. The predicted octanol–water partition coefficient (Wildman–Crippen LogP) is 2.56. The van der Waals surface area contributed by atoms with Gasteiger partial charge in [-0.05, 0) is 0 Å². The maximum atomic E-state index is 12.2. The van der Waals surface area contributed by atoms with Crippen LogP contribution in [-0.2, 0) is 0 Å². The van der Waals surface area contributed by atoms with Gasteiger partial charge >= 0.3 is 0 Å². The van der Waals surface area contributed by atoms with Crippen LogP contribution in [0.1, 0.15) is 32.1 Å². The van der Waals surface area contributed by atoms with Crippen LogP contribution in [0, 0.1) is 0 Å². The second-order valence-corrected chi connectivity index (χ2v) is 4.42. The van der Waals surface area contributed by atoms with Crippen molar-refractivity contribution in [3.05, 3.63) is 57.1 Å². The smallest absolute Gasteiger partial charge is 0.214 e. The summed E-state index contributed by atoms with van der Waals surface area (Å²) in [7, 11) is 0. The van der Waals surface area contributed by atoms with Gasteiger partial charge in [-0.25, -0.2) is 9.97 Å². The molecule has 1 heterocycles. The number of carbonyl (C=O) groups is 2. The van der Waals surface area contributed by atoms with Crippen LogP contribution in [0.25, 0.3) is 0 Å². The van der Waals surface area contributed by atoms with Gasteiger partial charge in [0, 0.05) is 11.1 Å². The first-order chi connectivity index (χ1) is 8.59. The van der Waals surface area contributed by atoms with E-state index in [1.807, 2.05) is 0 Å². The van der Waals surface area contributed by atoms with Crippen LogP contribution in [0.15, 0.2) is 24.3 Å². The first-order valence-corrected chi connectivity index (χ1v) is 5.76. The van der Waals surface area contributed by atoms with Crippen LogP contribution in [0.3, 0.4) is 0 Å². The Hall–Kier alpha value is -1.78. The summed E-state index contributed by atoms with van der Waals surface area (Å²) in [5.41, 5.74) is 0.520. The Labute approximate surface area is 112 Å². The van der Waals surface area contributed by atoms with Gasteiger partial charge in [0.25, 0.3) is 0 Å². The molecule has 3 rings (SSSR count). The molecule has 0 amide bonds. The van der Waals surface area contributed by atoms with Gasteiger partial charge in [0.1, 0.15) is 11.4 Å². The zero-order valence-corrected chi connectivity index (χ0v) is 10.3. The normalized spacial score (nSPS) is 13.2. The molecule has 0 saturated heterocycles. The molecule has 1 aliphatic carbocycles. The van der Waals surface area contributed by atoms with Crippen molar-refractivity contribution in [2.75, 3.05) is 0 Å². The van der Waals surface area contributed by atoms with E-state index < -0.39 is 0 Å². The lowest BCUT2D eigenvalue weighted by Gasteiger charge is -2.15. The number of carbonyl (C=O) groups excluding carboxylic acids is 2. The molecule has 0 aliphatic heterocycles. The molecule has 0 spiro atoms. The molecule has 0 N–H and O–H groups in total. The fourth-order valence-electron chi connectivity index (χ4n) is 1.85. The summed E-state index contributed by atoms with van der Waals surface area (Å²) in [5, 5.41) is -0.174. The van der Waals surface area contributed by atoms with Gasteiger partial charge in [-0.3, -0.25) is 9.59 Å². The number of fused-ring (bicyclic) bond motifs is 2. The number of rotatable bonds is 0. The monoisotopic (exact) mass is 278 g/mol. The summed E-state index contributed by atoms with van der Waals surface area (Å²) < 4.78 is 0. The number of benzene rings is 1. The Balaban J connectivity index is 2.34. The lowest BCUT2D eigenvalue weighted by molar-refractivity contribution is 0.0971. The van der Waals surface area contributed by atoms with E-state index in [2.05, 4.69) is 9.97 Å². The topological polar surface area (TPSA) is 59.9 Å². The first kappa shape index (κ1) is 11.3. The molecule has 1 aromatic carbocycles. The van der Waals surface area contributed by atoms with Crippen molar-refractivity contribution < 1.29 is 9.59 Å². The Morgan fingerprint density at radius 2 is 1.17 bits per heavy atom.